The molecule has 0 spiro atoms. The fraction of sp³-hybridized carbons (Fsp3) is 0.478. The molecule has 2 aliphatic carbocycles. The molecule has 0 bridgehead atoms. The van der Waals surface area contributed by atoms with Crippen molar-refractivity contribution in [2.24, 2.45) is 11.3 Å². The minimum atomic E-state index is -0.206. The smallest absolute Gasteiger partial charge is 0.159 e. The van der Waals surface area contributed by atoms with Gasteiger partial charge in [0.25, 0.3) is 0 Å². The molecule has 0 saturated heterocycles. The average Bonchev–Trinajstić information content (AvgIpc) is 3.26. The molecule has 0 saturated carbocycles. The van der Waals surface area contributed by atoms with E-state index in [1.165, 1.54) is 11.1 Å². The second-order valence-electron chi connectivity index (χ2n) is 7.95. The van der Waals surface area contributed by atoms with E-state index in [1.54, 1.807) is 7.11 Å². The number of rotatable bonds is 7. The van der Waals surface area contributed by atoms with Gasteiger partial charge in [-0.1, -0.05) is 19.1 Å². The van der Waals surface area contributed by atoms with Crippen LogP contribution in [0.4, 0.5) is 0 Å². The highest BCUT2D eigenvalue weighted by Crippen LogP contribution is 2.59. The van der Waals surface area contributed by atoms with Gasteiger partial charge in [0.05, 0.1) is 11.7 Å². The van der Waals surface area contributed by atoms with Crippen LogP contribution in [0, 0.1) is 11.3 Å². The zero-order valence-electron chi connectivity index (χ0n) is 16.7. The number of aliphatic hydroxyl groups is 1. The summed E-state index contributed by atoms with van der Waals surface area (Å²) in [6.45, 7) is 6.48. The number of fused-ring (bicyclic) bond motifs is 5. The predicted molar refractivity (Wildman–Crippen MR) is 110 cm³/mol. The van der Waals surface area contributed by atoms with Crippen molar-refractivity contribution in [3.05, 3.63) is 47.7 Å². The van der Waals surface area contributed by atoms with Crippen LogP contribution in [0.2, 0.25) is 0 Å². The number of carbonyl (C=O) groups is 1. The van der Waals surface area contributed by atoms with Crippen molar-refractivity contribution < 1.29 is 14.6 Å². The summed E-state index contributed by atoms with van der Waals surface area (Å²) in [6.07, 6.45) is 7.45. The Morgan fingerprint density at radius 3 is 2.96 bits per heavy atom. The highest BCUT2D eigenvalue weighted by atomic mass is 16.5. The molecule has 2 atom stereocenters. The molecule has 4 rings (SSSR count). The van der Waals surface area contributed by atoms with Gasteiger partial charge in [0.1, 0.15) is 6.73 Å². The second-order valence-corrected chi connectivity index (χ2v) is 7.95. The molecule has 1 aromatic heterocycles. The molecule has 0 fully saturated rings. The number of methoxy groups -OCH3 is 1. The van der Waals surface area contributed by atoms with Gasteiger partial charge < -0.3 is 9.84 Å². The second kappa shape index (κ2) is 7.30. The van der Waals surface area contributed by atoms with E-state index in [0.29, 0.717) is 13.2 Å². The Morgan fingerprint density at radius 1 is 1.46 bits per heavy atom. The zero-order chi connectivity index (χ0) is 19.9. The Kier molecular flexibility index (Phi) is 4.98. The maximum absolute atomic E-state index is 12.8. The number of aliphatic hydroxyl groups excluding tert-OH is 1. The first-order valence-corrected chi connectivity index (χ1v) is 10.1. The number of nitrogens with zero attached hydrogens (tertiary/aromatic N) is 2. The van der Waals surface area contributed by atoms with Crippen molar-refractivity contribution in [2.75, 3.05) is 13.7 Å². The Morgan fingerprint density at radius 2 is 2.29 bits per heavy atom. The Labute approximate surface area is 165 Å². The quantitative estimate of drug-likeness (QED) is 0.740. The maximum atomic E-state index is 12.8. The van der Waals surface area contributed by atoms with E-state index in [0.717, 1.165) is 47.7 Å². The van der Waals surface area contributed by atoms with Crippen LogP contribution in [-0.2, 0) is 22.7 Å². The number of allylic oxidation sites excluding steroid dienone is 3. The van der Waals surface area contributed by atoms with Crippen LogP contribution in [0.25, 0.3) is 16.5 Å². The Balaban J connectivity index is 1.97. The summed E-state index contributed by atoms with van der Waals surface area (Å²) in [5, 5.41) is 15.9. The minimum absolute atomic E-state index is 0.0612. The predicted octanol–water partition coefficient (Wildman–Crippen LogP) is 3.89. The first-order valence-electron chi connectivity index (χ1n) is 10.1. The summed E-state index contributed by atoms with van der Waals surface area (Å²) in [4.78, 5) is 12.8. The van der Waals surface area contributed by atoms with Crippen LogP contribution in [-0.4, -0.2) is 34.4 Å². The fourth-order valence-electron chi connectivity index (χ4n) is 5.44. The first-order chi connectivity index (χ1) is 13.6. The Hall–Kier alpha value is -2.24. The van der Waals surface area contributed by atoms with Gasteiger partial charge in [0.2, 0.25) is 0 Å². The number of hydrogen-bond acceptors (Lipinski definition) is 4. The summed E-state index contributed by atoms with van der Waals surface area (Å²) < 4.78 is 7.13. The monoisotopic (exact) mass is 380 g/mol. The third-order valence-electron chi connectivity index (χ3n) is 6.69. The van der Waals surface area contributed by atoms with E-state index in [4.69, 9.17) is 4.74 Å². The van der Waals surface area contributed by atoms with E-state index in [1.807, 2.05) is 17.0 Å². The molecular formula is C23H28N2O3. The van der Waals surface area contributed by atoms with E-state index in [-0.39, 0.29) is 23.7 Å². The van der Waals surface area contributed by atoms with Gasteiger partial charge in [-0.05, 0) is 59.9 Å². The molecule has 5 nitrogen and oxygen atoms in total. The molecule has 1 aromatic carbocycles. The van der Waals surface area contributed by atoms with Crippen molar-refractivity contribution in [1.29, 1.82) is 0 Å². The lowest BCUT2D eigenvalue weighted by Gasteiger charge is -2.42. The van der Waals surface area contributed by atoms with Crippen LogP contribution < -0.4 is 0 Å². The van der Waals surface area contributed by atoms with Crippen LogP contribution in [0.1, 0.15) is 43.7 Å². The van der Waals surface area contributed by atoms with E-state index in [2.05, 4.69) is 30.7 Å². The summed E-state index contributed by atoms with van der Waals surface area (Å²) in [5.74, 6) is 0.317. The molecular weight excluding hydrogens is 352 g/mol. The highest BCUT2D eigenvalue weighted by Gasteiger charge is 2.51. The molecule has 2 aromatic rings. The van der Waals surface area contributed by atoms with Gasteiger partial charge in [-0.3, -0.25) is 4.79 Å². The summed E-state index contributed by atoms with van der Waals surface area (Å²) >= 11 is 0. The van der Waals surface area contributed by atoms with Crippen molar-refractivity contribution in [3.63, 3.8) is 0 Å². The van der Waals surface area contributed by atoms with Gasteiger partial charge in [0, 0.05) is 30.9 Å². The number of ether oxygens (including phenoxy) is 1. The van der Waals surface area contributed by atoms with Gasteiger partial charge in [-0.25, -0.2) is 4.68 Å². The first kappa shape index (κ1) is 19.1. The standard InChI is InChI=1S/C23H28N2O3/c1-4-6-15(13-26)23-10-9-21(27)16(5-2)22(23)17-7-8-20-19(18(17)11-23)12-24-25(20)14-28-3/h4,7-8,12,15,26H,1,5-6,9-11,13-14H2,2-3H3. The van der Waals surface area contributed by atoms with Gasteiger partial charge >= 0.3 is 0 Å². The van der Waals surface area contributed by atoms with Crippen molar-refractivity contribution in [1.82, 2.24) is 9.78 Å². The summed E-state index contributed by atoms with van der Waals surface area (Å²) in [5.41, 5.74) is 5.36. The average molecular weight is 380 g/mol. The largest absolute Gasteiger partial charge is 0.396 e. The van der Waals surface area contributed by atoms with Crippen LogP contribution in [0.3, 0.4) is 0 Å². The van der Waals surface area contributed by atoms with Gasteiger partial charge in [0.15, 0.2) is 5.78 Å². The molecule has 5 heteroatoms. The lowest BCUT2D eigenvalue weighted by molar-refractivity contribution is -0.116. The lowest BCUT2D eigenvalue weighted by Crippen LogP contribution is -2.37. The molecule has 0 radical (unpaired) electrons. The van der Waals surface area contributed by atoms with E-state index in [9.17, 15) is 9.90 Å². The van der Waals surface area contributed by atoms with E-state index >= 15 is 0 Å². The number of carbonyl (C=O) groups excluding carboxylic acids is 1. The van der Waals surface area contributed by atoms with Crippen molar-refractivity contribution in [3.8, 4) is 0 Å². The third kappa shape index (κ3) is 2.60. The summed E-state index contributed by atoms with van der Waals surface area (Å²) in [7, 11) is 1.66. The zero-order valence-corrected chi connectivity index (χ0v) is 16.7. The van der Waals surface area contributed by atoms with Crippen molar-refractivity contribution in [2.45, 2.75) is 45.8 Å². The third-order valence-corrected chi connectivity index (χ3v) is 6.69. The highest BCUT2D eigenvalue weighted by molar-refractivity contribution is 6.08. The van der Waals surface area contributed by atoms with Gasteiger partial charge in [-0.15, -0.1) is 6.58 Å². The lowest BCUT2D eigenvalue weighted by atomic mass is 9.61. The van der Waals surface area contributed by atoms with E-state index < -0.39 is 0 Å². The van der Waals surface area contributed by atoms with Gasteiger partial charge in [-0.2, -0.15) is 5.10 Å². The number of benzene rings is 1. The minimum Gasteiger partial charge on any atom is -0.396 e. The molecule has 0 aliphatic heterocycles. The Bertz CT molecular complexity index is 972. The maximum Gasteiger partial charge on any atom is 0.159 e. The molecule has 2 aliphatic rings. The molecule has 2 unspecified atom stereocenters. The molecule has 1 N–H and O–H groups in total. The summed E-state index contributed by atoms with van der Waals surface area (Å²) in [6, 6.07) is 4.22. The van der Waals surface area contributed by atoms with Crippen molar-refractivity contribution >= 4 is 22.3 Å². The molecule has 148 valence electrons. The molecule has 1 heterocycles. The number of Topliss-reactive ketones (excluding diaryl/α,β-unsaturated/α-hetero) is 1. The normalized spacial score (nSPS) is 22.5. The van der Waals surface area contributed by atoms with Crippen LogP contribution >= 0.6 is 0 Å². The SMILES string of the molecule is C=CCC(CO)C12CCC(=O)C(CC)=C1c1ccc3c(cnn3COC)c1C2. The topological polar surface area (TPSA) is 64.3 Å². The molecule has 28 heavy (non-hydrogen) atoms. The number of aromatic nitrogens is 2. The molecule has 0 amide bonds. The van der Waals surface area contributed by atoms with Crippen LogP contribution in [0.5, 0.6) is 0 Å². The van der Waals surface area contributed by atoms with Crippen LogP contribution in [0.15, 0.2) is 36.6 Å². The fourth-order valence-corrected chi connectivity index (χ4v) is 5.44. The number of ketones is 1. The number of hydrogen-bond donors (Lipinski definition) is 1.